The van der Waals surface area contributed by atoms with Gasteiger partial charge in [0.05, 0.1) is 11.3 Å². The highest BCUT2D eigenvalue weighted by Crippen LogP contribution is 2.18. The van der Waals surface area contributed by atoms with Gasteiger partial charge in [0, 0.05) is 36.9 Å². The van der Waals surface area contributed by atoms with Crippen LogP contribution in [0.4, 0.5) is 11.4 Å². The first kappa shape index (κ1) is 25.1. The van der Waals surface area contributed by atoms with Gasteiger partial charge in [-0.15, -0.1) is 0 Å². The number of hydrogen-bond donors (Lipinski definition) is 3. The van der Waals surface area contributed by atoms with Crippen LogP contribution < -0.4 is 16.0 Å². The van der Waals surface area contributed by atoms with Crippen LogP contribution in [0.3, 0.4) is 0 Å². The predicted molar refractivity (Wildman–Crippen MR) is 127 cm³/mol. The minimum atomic E-state index is -0.334. The number of amides is 3. The average Bonchev–Trinajstić information content (AvgIpc) is 2.80. The zero-order valence-corrected chi connectivity index (χ0v) is 19.1. The zero-order valence-electron chi connectivity index (χ0n) is 19.1. The van der Waals surface area contributed by atoms with Crippen molar-refractivity contribution in [1.29, 1.82) is 0 Å². The molecular formula is C25H33N3O4. The maximum Gasteiger partial charge on any atom is 0.255 e. The Bertz CT molecular complexity index is 892. The Labute approximate surface area is 189 Å². The summed E-state index contributed by atoms with van der Waals surface area (Å²) in [6, 6.07) is 13.6. The van der Waals surface area contributed by atoms with Gasteiger partial charge in [-0.2, -0.15) is 0 Å². The second kappa shape index (κ2) is 13.3. The third-order valence-corrected chi connectivity index (χ3v) is 5.15. The van der Waals surface area contributed by atoms with Crippen molar-refractivity contribution in [1.82, 2.24) is 5.32 Å². The number of rotatable bonds is 12. The highest BCUT2D eigenvalue weighted by atomic mass is 16.5. The number of anilines is 2. The van der Waals surface area contributed by atoms with Gasteiger partial charge in [-0.1, -0.05) is 26.0 Å². The summed E-state index contributed by atoms with van der Waals surface area (Å²) in [4.78, 5) is 37.5. The normalized spacial score (nSPS) is 10.6. The molecule has 3 amide bonds. The molecule has 3 N–H and O–H groups in total. The first-order valence-corrected chi connectivity index (χ1v) is 11.2. The fourth-order valence-corrected chi connectivity index (χ4v) is 3.21. The summed E-state index contributed by atoms with van der Waals surface area (Å²) in [7, 11) is 0. The lowest BCUT2D eigenvalue weighted by Gasteiger charge is -2.13. The van der Waals surface area contributed by atoms with Crippen LogP contribution in [0.25, 0.3) is 0 Å². The topological polar surface area (TPSA) is 96.5 Å². The smallest absolute Gasteiger partial charge is 0.255 e. The molecule has 0 bridgehead atoms. The molecule has 2 rings (SSSR count). The minimum absolute atomic E-state index is 0.0200. The Hall–Kier alpha value is -3.19. The van der Waals surface area contributed by atoms with Gasteiger partial charge in [0.1, 0.15) is 0 Å². The predicted octanol–water partition coefficient (Wildman–Crippen LogP) is 4.47. The fourth-order valence-electron chi connectivity index (χ4n) is 3.21. The molecule has 0 unspecified atom stereocenters. The summed E-state index contributed by atoms with van der Waals surface area (Å²) in [6.45, 7) is 7.62. The molecule has 0 aliphatic carbocycles. The van der Waals surface area contributed by atoms with Gasteiger partial charge < -0.3 is 20.7 Å². The van der Waals surface area contributed by atoms with E-state index >= 15 is 0 Å². The molecule has 2 aromatic rings. The molecule has 0 radical (unpaired) electrons. The molecule has 0 saturated heterocycles. The Morgan fingerprint density at radius 2 is 1.56 bits per heavy atom. The van der Waals surface area contributed by atoms with Crippen molar-refractivity contribution in [2.45, 2.75) is 40.0 Å². The summed E-state index contributed by atoms with van der Waals surface area (Å²) in [5.41, 5.74) is 1.90. The monoisotopic (exact) mass is 439 g/mol. The summed E-state index contributed by atoms with van der Waals surface area (Å²) in [5.74, 6) is -0.635. The van der Waals surface area contributed by atoms with Crippen LogP contribution in [0.1, 0.15) is 60.7 Å². The van der Waals surface area contributed by atoms with Crippen LogP contribution in [0.15, 0.2) is 48.5 Å². The minimum Gasteiger partial charge on any atom is -0.382 e. The van der Waals surface area contributed by atoms with Crippen LogP contribution in [-0.2, 0) is 9.53 Å². The van der Waals surface area contributed by atoms with Crippen molar-refractivity contribution < 1.29 is 19.1 Å². The van der Waals surface area contributed by atoms with Crippen LogP contribution >= 0.6 is 0 Å². The van der Waals surface area contributed by atoms with Crippen molar-refractivity contribution in [3.63, 3.8) is 0 Å². The van der Waals surface area contributed by atoms with Gasteiger partial charge in [-0.3, -0.25) is 14.4 Å². The largest absolute Gasteiger partial charge is 0.382 e. The number of benzene rings is 2. The average molecular weight is 440 g/mol. The molecule has 172 valence electrons. The molecule has 0 aliphatic heterocycles. The summed E-state index contributed by atoms with van der Waals surface area (Å²) < 4.78 is 5.27. The molecule has 0 saturated carbocycles. The van der Waals surface area contributed by atoms with Crippen LogP contribution in [0.5, 0.6) is 0 Å². The maximum atomic E-state index is 12.7. The lowest BCUT2D eigenvalue weighted by molar-refractivity contribution is -0.120. The van der Waals surface area contributed by atoms with E-state index in [1.807, 2.05) is 20.8 Å². The third kappa shape index (κ3) is 7.50. The van der Waals surface area contributed by atoms with E-state index in [9.17, 15) is 14.4 Å². The second-order valence-corrected chi connectivity index (χ2v) is 7.39. The van der Waals surface area contributed by atoms with Crippen molar-refractivity contribution in [2.75, 3.05) is 30.4 Å². The molecule has 0 spiro atoms. The zero-order chi connectivity index (χ0) is 23.3. The van der Waals surface area contributed by atoms with E-state index in [0.29, 0.717) is 48.7 Å². The quantitative estimate of drug-likeness (QED) is 0.425. The molecular weight excluding hydrogens is 406 g/mol. The van der Waals surface area contributed by atoms with E-state index < -0.39 is 0 Å². The van der Waals surface area contributed by atoms with Crippen LogP contribution in [-0.4, -0.2) is 37.5 Å². The highest BCUT2D eigenvalue weighted by molar-refractivity contribution is 6.09. The number of nitrogens with one attached hydrogen (secondary N) is 3. The molecule has 2 aromatic carbocycles. The number of carbonyl (C=O) groups is 3. The first-order chi connectivity index (χ1) is 15.5. The second-order valence-electron chi connectivity index (χ2n) is 7.39. The van der Waals surface area contributed by atoms with Gasteiger partial charge in [0.25, 0.3) is 11.8 Å². The summed E-state index contributed by atoms with van der Waals surface area (Å²) in [6.07, 6.45) is 2.28. The van der Waals surface area contributed by atoms with Crippen molar-refractivity contribution >= 4 is 29.1 Å². The first-order valence-electron chi connectivity index (χ1n) is 11.2. The lowest BCUT2D eigenvalue weighted by atomic mass is 10.0. The Morgan fingerprint density at radius 1 is 0.875 bits per heavy atom. The van der Waals surface area contributed by atoms with Gasteiger partial charge >= 0.3 is 0 Å². The molecule has 0 atom stereocenters. The van der Waals surface area contributed by atoms with Gasteiger partial charge in [0.15, 0.2) is 0 Å². The third-order valence-electron chi connectivity index (χ3n) is 5.15. The Kier molecular flexibility index (Phi) is 10.4. The van der Waals surface area contributed by atoms with Gasteiger partial charge in [-0.05, 0) is 62.6 Å². The van der Waals surface area contributed by atoms with Crippen molar-refractivity contribution in [2.24, 2.45) is 5.92 Å². The SMILES string of the molecule is CCOCCCNC(=O)c1ccccc1NC(=O)c1ccc(NC(=O)C(CC)CC)cc1. The molecule has 0 aromatic heterocycles. The highest BCUT2D eigenvalue weighted by Gasteiger charge is 2.16. The molecule has 0 fully saturated rings. The molecule has 0 aliphatic rings. The van der Waals surface area contributed by atoms with Crippen LogP contribution in [0.2, 0.25) is 0 Å². The number of para-hydroxylation sites is 1. The Morgan fingerprint density at radius 3 is 2.22 bits per heavy atom. The molecule has 0 heterocycles. The fraction of sp³-hybridized carbons (Fsp3) is 0.400. The van der Waals surface area contributed by atoms with Crippen molar-refractivity contribution in [3.05, 3.63) is 59.7 Å². The van der Waals surface area contributed by atoms with E-state index in [2.05, 4.69) is 16.0 Å². The Balaban J connectivity index is 1.99. The maximum absolute atomic E-state index is 12.7. The summed E-state index contributed by atoms with van der Waals surface area (Å²) >= 11 is 0. The van der Waals surface area contributed by atoms with E-state index in [4.69, 9.17) is 4.74 Å². The number of hydrogen-bond acceptors (Lipinski definition) is 4. The van der Waals surface area contributed by atoms with Gasteiger partial charge in [0.2, 0.25) is 5.91 Å². The van der Waals surface area contributed by atoms with E-state index in [0.717, 1.165) is 12.8 Å². The van der Waals surface area contributed by atoms with Crippen molar-refractivity contribution in [3.8, 4) is 0 Å². The number of ether oxygens (including phenoxy) is 1. The van der Waals surface area contributed by atoms with E-state index in [1.165, 1.54) is 0 Å². The molecule has 32 heavy (non-hydrogen) atoms. The lowest BCUT2D eigenvalue weighted by Crippen LogP contribution is -2.26. The van der Waals surface area contributed by atoms with Gasteiger partial charge in [-0.25, -0.2) is 0 Å². The van der Waals surface area contributed by atoms with E-state index in [-0.39, 0.29) is 23.6 Å². The van der Waals surface area contributed by atoms with Crippen LogP contribution in [0, 0.1) is 5.92 Å². The summed E-state index contributed by atoms with van der Waals surface area (Å²) in [5, 5.41) is 8.53. The molecule has 7 nitrogen and oxygen atoms in total. The van der Waals surface area contributed by atoms with E-state index in [1.54, 1.807) is 48.5 Å². The standard InChI is InChI=1S/C25H33N3O4/c1-4-18(5-2)23(29)27-20-14-12-19(13-15-20)24(30)28-22-11-8-7-10-21(22)25(31)26-16-9-17-32-6-3/h7-8,10-15,18H,4-6,9,16-17H2,1-3H3,(H,26,31)(H,27,29)(H,28,30). The number of carbonyl (C=O) groups excluding carboxylic acids is 3. The molecule has 7 heteroatoms.